The van der Waals surface area contributed by atoms with Gasteiger partial charge < -0.3 is 24.8 Å². The minimum Gasteiger partial charge on any atom is -0.444 e. The molecule has 0 saturated carbocycles. The first-order valence-corrected chi connectivity index (χ1v) is 8.40. The Morgan fingerprint density at radius 1 is 1.42 bits per heavy atom. The Morgan fingerprint density at radius 2 is 2.12 bits per heavy atom. The van der Waals surface area contributed by atoms with E-state index in [1.165, 1.54) is 5.56 Å². The van der Waals surface area contributed by atoms with Crippen LogP contribution in [-0.2, 0) is 18.3 Å². The van der Waals surface area contributed by atoms with Crippen molar-refractivity contribution in [3.8, 4) is 0 Å². The van der Waals surface area contributed by atoms with Gasteiger partial charge in [0, 0.05) is 39.1 Å². The molecule has 1 fully saturated rings. The lowest BCUT2D eigenvalue weighted by Crippen LogP contribution is -2.63. The van der Waals surface area contributed by atoms with E-state index in [0.29, 0.717) is 19.6 Å². The van der Waals surface area contributed by atoms with Crippen LogP contribution in [0.2, 0.25) is 0 Å². The molecule has 0 atom stereocenters. The lowest BCUT2D eigenvalue weighted by molar-refractivity contribution is 0.00701. The molecule has 134 valence electrons. The molecule has 2 heterocycles. The smallest absolute Gasteiger partial charge is 0.410 e. The summed E-state index contributed by atoms with van der Waals surface area (Å²) >= 11 is 0. The van der Waals surface area contributed by atoms with E-state index in [1.54, 1.807) is 4.90 Å². The molecule has 2 N–H and O–H groups in total. The molecule has 24 heavy (non-hydrogen) atoms. The van der Waals surface area contributed by atoms with E-state index in [0.717, 1.165) is 12.5 Å². The van der Waals surface area contributed by atoms with Crippen LogP contribution in [0.1, 0.15) is 33.3 Å². The number of aromatic nitrogens is 1. The Kier molecular flexibility index (Phi) is 5.75. The number of aryl methyl sites for hydroxylation is 1. The average molecular weight is 335 g/mol. The lowest BCUT2D eigenvalue weighted by Gasteiger charge is -2.40. The number of ether oxygens (including phenoxy) is 1. The van der Waals surface area contributed by atoms with Crippen LogP contribution in [0.4, 0.5) is 4.79 Å². The van der Waals surface area contributed by atoms with Gasteiger partial charge in [-0.2, -0.15) is 0 Å². The van der Waals surface area contributed by atoms with Crippen molar-refractivity contribution < 1.29 is 9.53 Å². The summed E-state index contributed by atoms with van der Waals surface area (Å²) in [5.41, 5.74) is 0.709. The molecule has 0 aliphatic carbocycles. The van der Waals surface area contributed by atoms with E-state index >= 15 is 0 Å². The maximum atomic E-state index is 11.9. The van der Waals surface area contributed by atoms with Gasteiger partial charge >= 0.3 is 6.09 Å². The topological polar surface area (TPSA) is 70.9 Å². The van der Waals surface area contributed by atoms with Crippen LogP contribution in [0.15, 0.2) is 23.5 Å². The fourth-order valence-electron chi connectivity index (χ4n) is 2.38. The van der Waals surface area contributed by atoms with Gasteiger partial charge in [-0.15, -0.1) is 0 Å². The van der Waals surface area contributed by atoms with E-state index in [9.17, 15) is 4.79 Å². The Morgan fingerprint density at radius 3 is 2.67 bits per heavy atom. The average Bonchev–Trinajstić information content (AvgIpc) is 2.83. The zero-order chi connectivity index (χ0) is 17.7. The van der Waals surface area contributed by atoms with Crippen LogP contribution in [-0.4, -0.2) is 52.8 Å². The molecule has 0 bridgehead atoms. The fourth-order valence-corrected chi connectivity index (χ4v) is 2.38. The third-order valence-corrected chi connectivity index (χ3v) is 3.53. The Labute approximate surface area is 144 Å². The van der Waals surface area contributed by atoms with Crippen molar-refractivity contribution in [1.29, 1.82) is 0 Å². The number of nitrogens with zero attached hydrogens (tertiary/aromatic N) is 3. The minimum absolute atomic E-state index is 0.200. The minimum atomic E-state index is -0.457. The number of nitrogens with one attached hydrogen (secondary N) is 2. The van der Waals surface area contributed by atoms with Gasteiger partial charge in [-0.1, -0.05) is 0 Å². The maximum absolute atomic E-state index is 11.9. The van der Waals surface area contributed by atoms with Crippen molar-refractivity contribution in [2.45, 2.75) is 45.9 Å². The highest BCUT2D eigenvalue weighted by Crippen LogP contribution is 2.15. The van der Waals surface area contributed by atoms with Crippen LogP contribution in [0.5, 0.6) is 0 Å². The molecule has 7 heteroatoms. The van der Waals surface area contributed by atoms with Crippen LogP contribution in [0, 0.1) is 0 Å². The van der Waals surface area contributed by atoms with Crippen LogP contribution < -0.4 is 10.6 Å². The third-order valence-electron chi connectivity index (χ3n) is 3.53. The first-order chi connectivity index (χ1) is 11.3. The number of rotatable bonds is 4. The number of carbonyl (C=O) groups excluding carboxylic acids is 1. The summed E-state index contributed by atoms with van der Waals surface area (Å²) in [4.78, 5) is 18.2. The molecule has 2 rings (SSSR count). The first-order valence-electron chi connectivity index (χ1n) is 8.40. The highest BCUT2D eigenvalue weighted by molar-refractivity contribution is 5.80. The molecule has 0 spiro atoms. The molecule has 1 aliphatic rings. The van der Waals surface area contributed by atoms with Gasteiger partial charge in [0.05, 0.1) is 12.6 Å². The van der Waals surface area contributed by atoms with E-state index in [4.69, 9.17) is 4.74 Å². The molecular weight excluding hydrogens is 306 g/mol. The van der Waals surface area contributed by atoms with Gasteiger partial charge in [-0.05, 0) is 39.3 Å². The third kappa shape index (κ3) is 5.47. The Balaban J connectivity index is 1.81. The van der Waals surface area contributed by atoms with Crippen LogP contribution >= 0.6 is 0 Å². The maximum Gasteiger partial charge on any atom is 0.410 e. The monoisotopic (exact) mass is 335 g/mol. The highest BCUT2D eigenvalue weighted by atomic mass is 16.6. The molecule has 1 aromatic rings. The SMILES string of the molecule is CCNC(=NCc1ccn(C)c1)NC1CN(C(=O)OC(C)(C)C)C1. The summed E-state index contributed by atoms with van der Waals surface area (Å²) < 4.78 is 7.37. The molecule has 0 unspecified atom stereocenters. The molecule has 1 saturated heterocycles. The van der Waals surface area contributed by atoms with Crippen LogP contribution in [0.25, 0.3) is 0 Å². The second kappa shape index (κ2) is 7.59. The van der Waals surface area contributed by atoms with Crippen molar-refractivity contribution in [2.24, 2.45) is 12.0 Å². The fraction of sp³-hybridized carbons (Fsp3) is 0.647. The quantitative estimate of drug-likeness (QED) is 0.649. The number of hydrogen-bond donors (Lipinski definition) is 2. The molecule has 7 nitrogen and oxygen atoms in total. The molecule has 1 aromatic heterocycles. The number of likely N-dealkylation sites (tertiary alicyclic amines) is 1. The van der Waals surface area contributed by atoms with Gasteiger partial charge in [-0.3, -0.25) is 0 Å². The molecule has 0 radical (unpaired) electrons. The van der Waals surface area contributed by atoms with E-state index in [2.05, 4.69) is 27.9 Å². The summed E-state index contributed by atoms with van der Waals surface area (Å²) in [6.07, 6.45) is 3.81. The van der Waals surface area contributed by atoms with E-state index in [-0.39, 0.29) is 12.1 Å². The number of aliphatic imine (C=N–C) groups is 1. The van der Waals surface area contributed by atoms with Gasteiger partial charge in [0.2, 0.25) is 0 Å². The molecule has 0 aromatic carbocycles. The molecule has 1 amide bonds. The van der Waals surface area contributed by atoms with Crippen molar-refractivity contribution in [3.63, 3.8) is 0 Å². The second-order valence-corrected chi connectivity index (χ2v) is 7.11. The Bertz CT molecular complexity index is 582. The van der Waals surface area contributed by atoms with Gasteiger partial charge in [0.15, 0.2) is 5.96 Å². The standard InChI is InChI=1S/C17H29N5O2/c1-6-18-15(19-9-13-7-8-21(5)10-13)20-14-11-22(12-14)16(23)24-17(2,3)4/h7-8,10,14H,6,9,11-12H2,1-5H3,(H2,18,19,20). The van der Waals surface area contributed by atoms with Crippen molar-refractivity contribution in [2.75, 3.05) is 19.6 Å². The summed E-state index contributed by atoms with van der Waals surface area (Å²) in [5.74, 6) is 0.773. The summed E-state index contributed by atoms with van der Waals surface area (Å²) in [6, 6.07) is 2.26. The summed E-state index contributed by atoms with van der Waals surface area (Å²) in [6.45, 7) is 10.3. The van der Waals surface area contributed by atoms with Crippen molar-refractivity contribution in [1.82, 2.24) is 20.1 Å². The number of hydrogen-bond acceptors (Lipinski definition) is 3. The van der Waals surface area contributed by atoms with Gasteiger partial charge in [0.1, 0.15) is 5.60 Å². The van der Waals surface area contributed by atoms with Crippen molar-refractivity contribution in [3.05, 3.63) is 24.0 Å². The predicted molar refractivity (Wildman–Crippen MR) is 95.0 cm³/mol. The first kappa shape index (κ1) is 18.2. The van der Waals surface area contributed by atoms with Gasteiger partial charge in [-0.25, -0.2) is 9.79 Å². The highest BCUT2D eigenvalue weighted by Gasteiger charge is 2.34. The number of carbonyl (C=O) groups is 1. The zero-order valence-electron chi connectivity index (χ0n) is 15.3. The zero-order valence-corrected chi connectivity index (χ0v) is 15.3. The second-order valence-electron chi connectivity index (χ2n) is 7.11. The molecular formula is C17H29N5O2. The van der Waals surface area contributed by atoms with Gasteiger partial charge in [0.25, 0.3) is 0 Å². The summed E-state index contributed by atoms with van der Waals surface area (Å²) in [7, 11) is 2.00. The largest absolute Gasteiger partial charge is 0.444 e. The van der Waals surface area contributed by atoms with E-state index < -0.39 is 5.60 Å². The van der Waals surface area contributed by atoms with Crippen molar-refractivity contribution >= 4 is 12.1 Å². The Hall–Kier alpha value is -2.18. The number of amides is 1. The van der Waals surface area contributed by atoms with Crippen LogP contribution in [0.3, 0.4) is 0 Å². The summed E-state index contributed by atoms with van der Waals surface area (Å²) in [5, 5.41) is 6.60. The predicted octanol–water partition coefficient (Wildman–Crippen LogP) is 1.70. The number of guanidine groups is 1. The van der Waals surface area contributed by atoms with E-state index in [1.807, 2.05) is 45.5 Å². The normalized spacial score (nSPS) is 15.9. The molecule has 1 aliphatic heterocycles. The lowest BCUT2D eigenvalue weighted by atomic mass is 10.1.